The molecule has 0 saturated heterocycles. The van der Waals surface area contributed by atoms with Crippen LogP contribution >= 0.6 is 0 Å². The van der Waals surface area contributed by atoms with Crippen molar-refractivity contribution in [1.29, 1.82) is 0 Å². The van der Waals surface area contributed by atoms with Gasteiger partial charge in [-0.25, -0.2) is 4.79 Å². The normalized spacial score (nSPS) is 16.1. The molecule has 0 aliphatic carbocycles. The number of carboxylic acids is 1. The zero-order chi connectivity index (χ0) is 15.9. The summed E-state index contributed by atoms with van der Waals surface area (Å²) in [5, 5.41) is 15.6. The first kappa shape index (κ1) is 14.4. The minimum absolute atomic E-state index is 0.0580. The van der Waals surface area contributed by atoms with Crippen molar-refractivity contribution < 1.29 is 19.4 Å². The summed E-state index contributed by atoms with van der Waals surface area (Å²) in [4.78, 5) is 11.0. The number of nitrogens with one attached hydrogen (secondary N) is 1. The van der Waals surface area contributed by atoms with Gasteiger partial charge in [-0.3, -0.25) is 5.10 Å². The van der Waals surface area contributed by atoms with E-state index in [1.54, 1.807) is 0 Å². The number of ether oxygens (including phenoxy) is 2. The monoisotopic (exact) mass is 302 g/mol. The maximum atomic E-state index is 11.0. The molecular formula is C16H18N2O4. The van der Waals surface area contributed by atoms with Crippen LogP contribution in [0.1, 0.15) is 29.9 Å². The summed E-state index contributed by atoms with van der Waals surface area (Å²) >= 11 is 0. The van der Waals surface area contributed by atoms with E-state index in [2.05, 4.69) is 24.0 Å². The minimum atomic E-state index is -1.03. The van der Waals surface area contributed by atoms with Crippen LogP contribution in [0.3, 0.4) is 0 Å². The third kappa shape index (κ3) is 2.64. The highest BCUT2D eigenvalue weighted by Gasteiger charge is 2.26. The molecule has 2 aromatic rings. The lowest BCUT2D eigenvalue weighted by atomic mass is 9.97. The number of carbonyl (C=O) groups is 1. The molecule has 0 atom stereocenters. The summed E-state index contributed by atoms with van der Waals surface area (Å²) in [6.07, 6.45) is 0. The van der Waals surface area contributed by atoms with Crippen LogP contribution in [0.4, 0.5) is 0 Å². The molecule has 1 aromatic heterocycles. The average molecular weight is 302 g/mol. The second-order valence-electron chi connectivity index (χ2n) is 6.33. The molecule has 0 spiro atoms. The Morgan fingerprint density at radius 1 is 1.23 bits per heavy atom. The Labute approximate surface area is 128 Å². The fraction of sp³-hybridized carbons (Fsp3) is 0.375. The SMILES string of the molecule is Cc1cc2c(cc1-c1cc(C(=O)O)[nH]n1)OCC(C)(C)CO2. The highest BCUT2D eigenvalue weighted by atomic mass is 16.5. The van der Waals surface area contributed by atoms with Crippen molar-refractivity contribution in [3.63, 3.8) is 0 Å². The van der Waals surface area contributed by atoms with E-state index in [1.807, 2.05) is 19.1 Å². The van der Waals surface area contributed by atoms with E-state index in [0.717, 1.165) is 11.1 Å². The van der Waals surface area contributed by atoms with Crippen LogP contribution < -0.4 is 9.47 Å². The second-order valence-corrected chi connectivity index (χ2v) is 6.33. The fourth-order valence-electron chi connectivity index (χ4n) is 2.32. The number of hydrogen-bond donors (Lipinski definition) is 2. The Morgan fingerprint density at radius 2 is 1.86 bits per heavy atom. The summed E-state index contributed by atoms with van der Waals surface area (Å²) in [7, 11) is 0. The molecule has 0 fully saturated rings. The molecule has 116 valence electrons. The first-order chi connectivity index (χ1) is 10.4. The van der Waals surface area contributed by atoms with Crippen molar-refractivity contribution in [2.75, 3.05) is 13.2 Å². The number of carboxylic acid groups (broad SMARTS) is 1. The Kier molecular flexibility index (Phi) is 3.31. The molecular weight excluding hydrogens is 284 g/mol. The molecule has 6 heteroatoms. The number of H-pyrrole nitrogens is 1. The molecule has 1 aliphatic rings. The zero-order valence-electron chi connectivity index (χ0n) is 12.8. The topological polar surface area (TPSA) is 84.4 Å². The third-order valence-electron chi connectivity index (χ3n) is 3.61. The molecule has 1 aliphatic heterocycles. The van der Waals surface area contributed by atoms with Gasteiger partial charge in [0, 0.05) is 11.0 Å². The maximum Gasteiger partial charge on any atom is 0.353 e. The number of aromatic amines is 1. The van der Waals surface area contributed by atoms with E-state index >= 15 is 0 Å². The van der Waals surface area contributed by atoms with Crippen LogP contribution in [-0.2, 0) is 0 Å². The van der Waals surface area contributed by atoms with Gasteiger partial charge in [0.05, 0.1) is 18.9 Å². The summed E-state index contributed by atoms with van der Waals surface area (Å²) in [6.45, 7) is 7.25. The Morgan fingerprint density at radius 3 is 2.45 bits per heavy atom. The number of aryl methyl sites for hydroxylation is 1. The van der Waals surface area contributed by atoms with Crippen LogP contribution in [-0.4, -0.2) is 34.5 Å². The number of aromatic carboxylic acids is 1. The Bertz CT molecular complexity index is 734. The molecule has 3 rings (SSSR count). The van der Waals surface area contributed by atoms with E-state index in [1.165, 1.54) is 6.07 Å². The Hall–Kier alpha value is -2.50. The molecule has 2 N–H and O–H groups in total. The summed E-state index contributed by atoms with van der Waals surface area (Å²) in [5.41, 5.74) is 2.35. The van der Waals surface area contributed by atoms with Gasteiger partial charge in [0.15, 0.2) is 11.5 Å². The van der Waals surface area contributed by atoms with Gasteiger partial charge >= 0.3 is 5.97 Å². The smallest absolute Gasteiger partial charge is 0.353 e. The molecule has 0 bridgehead atoms. The number of nitrogens with zero attached hydrogens (tertiary/aromatic N) is 1. The van der Waals surface area contributed by atoms with Crippen molar-refractivity contribution in [3.05, 3.63) is 29.5 Å². The fourth-order valence-corrected chi connectivity index (χ4v) is 2.32. The van der Waals surface area contributed by atoms with Gasteiger partial charge in [0.25, 0.3) is 0 Å². The molecule has 22 heavy (non-hydrogen) atoms. The predicted octanol–water partition coefficient (Wildman–Crippen LogP) is 2.88. The van der Waals surface area contributed by atoms with Gasteiger partial charge in [-0.15, -0.1) is 0 Å². The van der Waals surface area contributed by atoms with E-state index < -0.39 is 5.97 Å². The molecule has 2 heterocycles. The quantitative estimate of drug-likeness (QED) is 0.891. The lowest BCUT2D eigenvalue weighted by Gasteiger charge is -2.19. The first-order valence-electron chi connectivity index (χ1n) is 7.05. The number of aromatic nitrogens is 2. The molecule has 0 amide bonds. The summed E-state index contributed by atoms with van der Waals surface area (Å²) in [6, 6.07) is 5.27. The highest BCUT2D eigenvalue weighted by molar-refractivity contribution is 5.87. The van der Waals surface area contributed by atoms with Crippen molar-refractivity contribution in [3.8, 4) is 22.8 Å². The van der Waals surface area contributed by atoms with Gasteiger partial charge in [-0.2, -0.15) is 5.10 Å². The van der Waals surface area contributed by atoms with Gasteiger partial charge in [-0.05, 0) is 30.7 Å². The maximum absolute atomic E-state index is 11.0. The zero-order valence-corrected chi connectivity index (χ0v) is 12.8. The third-order valence-corrected chi connectivity index (χ3v) is 3.61. The van der Waals surface area contributed by atoms with Crippen LogP contribution in [0.5, 0.6) is 11.5 Å². The predicted molar refractivity (Wildman–Crippen MR) is 80.5 cm³/mol. The van der Waals surface area contributed by atoms with Crippen LogP contribution in [0.25, 0.3) is 11.3 Å². The number of benzene rings is 1. The van der Waals surface area contributed by atoms with Gasteiger partial charge in [-0.1, -0.05) is 13.8 Å². The van der Waals surface area contributed by atoms with Gasteiger partial charge in [0.1, 0.15) is 5.69 Å². The van der Waals surface area contributed by atoms with E-state index in [4.69, 9.17) is 14.6 Å². The molecule has 0 radical (unpaired) electrons. The van der Waals surface area contributed by atoms with Crippen molar-refractivity contribution in [1.82, 2.24) is 10.2 Å². The second kappa shape index (κ2) is 5.05. The number of rotatable bonds is 2. The van der Waals surface area contributed by atoms with E-state index in [9.17, 15) is 4.79 Å². The standard InChI is InChI=1S/C16H18N2O4/c1-9-4-13-14(22-8-16(2,3)7-21-13)5-10(9)11-6-12(15(19)20)18-17-11/h4-6H,7-8H2,1-3H3,(H,17,18)(H,19,20). The lowest BCUT2D eigenvalue weighted by molar-refractivity contribution is 0.0690. The number of fused-ring (bicyclic) bond motifs is 1. The summed E-state index contributed by atoms with van der Waals surface area (Å²) in [5.74, 6) is 0.333. The van der Waals surface area contributed by atoms with Gasteiger partial charge < -0.3 is 14.6 Å². The number of hydrogen-bond acceptors (Lipinski definition) is 4. The van der Waals surface area contributed by atoms with Gasteiger partial charge in [0.2, 0.25) is 0 Å². The average Bonchev–Trinajstić information content (AvgIpc) is 2.88. The van der Waals surface area contributed by atoms with Crippen LogP contribution in [0.2, 0.25) is 0 Å². The van der Waals surface area contributed by atoms with E-state index in [0.29, 0.717) is 30.4 Å². The van der Waals surface area contributed by atoms with Crippen LogP contribution in [0.15, 0.2) is 18.2 Å². The van der Waals surface area contributed by atoms with Crippen molar-refractivity contribution in [2.45, 2.75) is 20.8 Å². The summed E-state index contributed by atoms with van der Waals surface area (Å²) < 4.78 is 11.7. The van der Waals surface area contributed by atoms with Crippen molar-refractivity contribution >= 4 is 5.97 Å². The minimum Gasteiger partial charge on any atom is -0.489 e. The molecule has 0 saturated carbocycles. The first-order valence-corrected chi connectivity index (χ1v) is 7.05. The Balaban J connectivity index is 2.00. The highest BCUT2D eigenvalue weighted by Crippen LogP contribution is 2.38. The largest absolute Gasteiger partial charge is 0.489 e. The molecule has 0 unspecified atom stereocenters. The van der Waals surface area contributed by atoms with Crippen molar-refractivity contribution in [2.24, 2.45) is 5.41 Å². The molecule has 1 aromatic carbocycles. The van der Waals surface area contributed by atoms with Crippen LogP contribution in [0, 0.1) is 12.3 Å². The molecule has 6 nitrogen and oxygen atoms in total. The lowest BCUT2D eigenvalue weighted by Crippen LogP contribution is -2.26. The van der Waals surface area contributed by atoms with E-state index in [-0.39, 0.29) is 11.1 Å².